The predicted molar refractivity (Wildman–Crippen MR) is 121 cm³/mol. The van der Waals surface area contributed by atoms with Gasteiger partial charge in [-0.2, -0.15) is 0 Å². The summed E-state index contributed by atoms with van der Waals surface area (Å²) in [6.07, 6.45) is 1.09. The third kappa shape index (κ3) is 5.72. The van der Waals surface area contributed by atoms with Crippen LogP contribution in [-0.2, 0) is 11.3 Å². The van der Waals surface area contributed by atoms with Crippen LogP contribution in [0.2, 0.25) is 0 Å². The van der Waals surface area contributed by atoms with E-state index in [1.165, 1.54) is 5.56 Å². The van der Waals surface area contributed by atoms with E-state index in [2.05, 4.69) is 56.4 Å². The number of carbonyl (C=O) groups is 1. The molecule has 2 fully saturated rings. The summed E-state index contributed by atoms with van der Waals surface area (Å²) in [5.74, 6) is 0.234. The first-order valence-corrected chi connectivity index (χ1v) is 10.4. The van der Waals surface area contributed by atoms with Crippen LogP contribution in [0.5, 0.6) is 0 Å². The number of benzene rings is 2. The average Bonchev–Trinajstić information content (AvgIpc) is 3.26. The van der Waals surface area contributed by atoms with Gasteiger partial charge in [-0.3, -0.25) is 9.69 Å². The van der Waals surface area contributed by atoms with Gasteiger partial charge in [0.05, 0.1) is 6.54 Å². The number of anilines is 1. The van der Waals surface area contributed by atoms with E-state index in [0.29, 0.717) is 12.6 Å². The Balaban J connectivity index is 0.00000240. The van der Waals surface area contributed by atoms with Gasteiger partial charge in [0, 0.05) is 57.5 Å². The molecule has 0 aromatic heterocycles. The molecule has 2 aromatic carbocycles. The highest BCUT2D eigenvalue weighted by atomic mass is 35.5. The van der Waals surface area contributed by atoms with E-state index < -0.39 is 0 Å². The van der Waals surface area contributed by atoms with Crippen molar-refractivity contribution in [1.82, 2.24) is 15.1 Å². The molecule has 156 valence electrons. The number of rotatable bonds is 6. The second-order valence-corrected chi connectivity index (χ2v) is 7.75. The van der Waals surface area contributed by atoms with Crippen molar-refractivity contribution >= 4 is 24.0 Å². The quantitative estimate of drug-likeness (QED) is 0.788. The van der Waals surface area contributed by atoms with Crippen LogP contribution in [0.3, 0.4) is 0 Å². The zero-order chi connectivity index (χ0) is 19.2. The van der Waals surface area contributed by atoms with Crippen molar-refractivity contribution in [3.05, 3.63) is 66.2 Å². The molecule has 1 atom stereocenters. The lowest BCUT2D eigenvalue weighted by molar-refractivity contribution is -0.128. The summed E-state index contributed by atoms with van der Waals surface area (Å²) in [4.78, 5) is 19.9. The summed E-state index contributed by atoms with van der Waals surface area (Å²) in [5, 5.41) is 3.41. The lowest BCUT2D eigenvalue weighted by Crippen LogP contribution is -2.49. The Labute approximate surface area is 180 Å². The molecule has 2 heterocycles. The molecule has 0 radical (unpaired) electrons. The van der Waals surface area contributed by atoms with E-state index in [-0.39, 0.29) is 18.3 Å². The number of hydrogen-bond donors (Lipinski definition) is 1. The second-order valence-electron chi connectivity index (χ2n) is 7.75. The third-order valence-corrected chi connectivity index (χ3v) is 5.85. The first kappa shape index (κ1) is 21.6. The van der Waals surface area contributed by atoms with Crippen LogP contribution in [0.15, 0.2) is 60.7 Å². The zero-order valence-electron chi connectivity index (χ0n) is 16.9. The van der Waals surface area contributed by atoms with Crippen molar-refractivity contribution in [2.24, 2.45) is 0 Å². The molecule has 6 heteroatoms. The van der Waals surface area contributed by atoms with Crippen molar-refractivity contribution in [2.45, 2.75) is 19.0 Å². The van der Waals surface area contributed by atoms with Crippen molar-refractivity contribution in [1.29, 1.82) is 0 Å². The Morgan fingerprint density at radius 2 is 1.62 bits per heavy atom. The maximum absolute atomic E-state index is 13.1. The molecular formula is C23H31ClN4O. The van der Waals surface area contributed by atoms with Gasteiger partial charge in [0.2, 0.25) is 5.91 Å². The molecule has 2 aliphatic rings. The summed E-state index contributed by atoms with van der Waals surface area (Å²) in [7, 11) is 0. The second kappa shape index (κ2) is 10.6. The lowest BCUT2D eigenvalue weighted by atomic mass is 10.2. The molecular weight excluding hydrogens is 384 g/mol. The molecule has 1 unspecified atom stereocenters. The van der Waals surface area contributed by atoms with E-state index in [0.717, 1.165) is 57.9 Å². The van der Waals surface area contributed by atoms with Gasteiger partial charge in [-0.25, -0.2) is 0 Å². The molecule has 4 rings (SSSR count). The highest BCUT2D eigenvalue weighted by molar-refractivity contribution is 5.85. The number of amides is 1. The van der Waals surface area contributed by atoms with E-state index in [4.69, 9.17) is 0 Å². The van der Waals surface area contributed by atoms with Crippen LogP contribution >= 0.6 is 12.4 Å². The van der Waals surface area contributed by atoms with Crippen molar-refractivity contribution in [3.63, 3.8) is 0 Å². The SMILES string of the molecule is Cl.O=C(CN(Cc1ccccc1)c1ccccc1)N1CCC(N2CCNCC2)C1. The van der Waals surface area contributed by atoms with Gasteiger partial charge in [-0.05, 0) is 24.1 Å². The van der Waals surface area contributed by atoms with Crippen LogP contribution in [0.1, 0.15) is 12.0 Å². The molecule has 0 spiro atoms. The van der Waals surface area contributed by atoms with Crippen LogP contribution in [-0.4, -0.2) is 67.6 Å². The van der Waals surface area contributed by atoms with E-state index >= 15 is 0 Å². The van der Waals surface area contributed by atoms with Gasteiger partial charge >= 0.3 is 0 Å². The van der Waals surface area contributed by atoms with E-state index in [1.54, 1.807) is 0 Å². The summed E-state index contributed by atoms with van der Waals surface area (Å²) in [5.41, 5.74) is 2.32. The Bertz CT molecular complexity index is 752. The molecule has 0 saturated carbocycles. The standard InChI is InChI=1S/C23H30N4O.ClH/c28-23(26-14-11-22(18-26)25-15-12-24-13-16-25)19-27(21-9-5-2-6-10-21)17-20-7-3-1-4-8-20;/h1-10,22,24H,11-19H2;1H. The van der Waals surface area contributed by atoms with Crippen LogP contribution in [0.4, 0.5) is 5.69 Å². The molecule has 1 amide bonds. The lowest BCUT2D eigenvalue weighted by Gasteiger charge is -2.33. The molecule has 29 heavy (non-hydrogen) atoms. The fourth-order valence-electron chi connectivity index (χ4n) is 4.26. The molecule has 2 aliphatic heterocycles. The number of para-hydroxylation sites is 1. The Kier molecular flexibility index (Phi) is 7.92. The summed E-state index contributed by atoms with van der Waals surface area (Å²) >= 11 is 0. The smallest absolute Gasteiger partial charge is 0.242 e. The summed E-state index contributed by atoms with van der Waals surface area (Å²) in [6, 6.07) is 21.2. The number of carbonyl (C=O) groups excluding carboxylic acids is 1. The third-order valence-electron chi connectivity index (χ3n) is 5.85. The molecule has 2 aromatic rings. The average molecular weight is 415 g/mol. The van der Waals surface area contributed by atoms with Gasteiger partial charge in [0.1, 0.15) is 0 Å². The molecule has 5 nitrogen and oxygen atoms in total. The van der Waals surface area contributed by atoms with Crippen molar-refractivity contribution in [2.75, 3.05) is 50.7 Å². The fourth-order valence-corrected chi connectivity index (χ4v) is 4.26. The number of nitrogens with zero attached hydrogens (tertiary/aromatic N) is 3. The minimum absolute atomic E-state index is 0. The number of piperazine rings is 1. The fraction of sp³-hybridized carbons (Fsp3) is 0.435. The van der Waals surface area contributed by atoms with Gasteiger partial charge < -0.3 is 15.1 Å². The normalized spacial score (nSPS) is 19.6. The van der Waals surface area contributed by atoms with E-state index in [1.807, 2.05) is 24.3 Å². The van der Waals surface area contributed by atoms with Gasteiger partial charge in [-0.15, -0.1) is 12.4 Å². The first-order valence-electron chi connectivity index (χ1n) is 10.4. The first-order chi connectivity index (χ1) is 13.8. The van der Waals surface area contributed by atoms with Crippen molar-refractivity contribution in [3.8, 4) is 0 Å². The van der Waals surface area contributed by atoms with E-state index in [9.17, 15) is 4.79 Å². The number of halogens is 1. The van der Waals surface area contributed by atoms with Crippen LogP contribution < -0.4 is 10.2 Å². The number of likely N-dealkylation sites (tertiary alicyclic amines) is 1. The minimum atomic E-state index is 0. The predicted octanol–water partition coefficient (Wildman–Crippen LogP) is 2.62. The van der Waals surface area contributed by atoms with Gasteiger partial charge in [-0.1, -0.05) is 48.5 Å². The monoisotopic (exact) mass is 414 g/mol. The Morgan fingerprint density at radius 1 is 0.966 bits per heavy atom. The van der Waals surface area contributed by atoms with Crippen molar-refractivity contribution < 1.29 is 4.79 Å². The number of hydrogen-bond acceptors (Lipinski definition) is 4. The van der Waals surface area contributed by atoms with Gasteiger partial charge in [0.25, 0.3) is 0 Å². The summed E-state index contributed by atoms with van der Waals surface area (Å²) < 4.78 is 0. The van der Waals surface area contributed by atoms with Gasteiger partial charge in [0.15, 0.2) is 0 Å². The summed E-state index contributed by atoms with van der Waals surface area (Å²) in [6.45, 7) is 7.22. The molecule has 0 bridgehead atoms. The maximum Gasteiger partial charge on any atom is 0.242 e. The topological polar surface area (TPSA) is 38.8 Å². The Morgan fingerprint density at radius 3 is 2.31 bits per heavy atom. The Hall–Kier alpha value is -2.08. The highest BCUT2D eigenvalue weighted by Crippen LogP contribution is 2.20. The molecule has 0 aliphatic carbocycles. The largest absolute Gasteiger partial charge is 0.358 e. The molecule has 1 N–H and O–H groups in total. The number of nitrogens with one attached hydrogen (secondary N) is 1. The van der Waals surface area contributed by atoms with Crippen LogP contribution in [0, 0.1) is 0 Å². The highest BCUT2D eigenvalue weighted by Gasteiger charge is 2.31. The molecule has 2 saturated heterocycles. The maximum atomic E-state index is 13.1. The zero-order valence-corrected chi connectivity index (χ0v) is 17.7. The minimum Gasteiger partial charge on any atom is -0.358 e. The van der Waals surface area contributed by atoms with Crippen LogP contribution in [0.25, 0.3) is 0 Å².